The lowest BCUT2D eigenvalue weighted by molar-refractivity contribution is 0.555. The Bertz CT molecular complexity index is 337. The van der Waals surface area contributed by atoms with Crippen molar-refractivity contribution in [3.8, 4) is 0 Å². The molecule has 1 nitrogen and oxygen atoms in total. The minimum absolute atomic E-state index is 0.757. The van der Waals surface area contributed by atoms with E-state index in [1.54, 1.807) is 11.1 Å². The topological polar surface area (TPSA) is 15.8 Å². The van der Waals surface area contributed by atoms with Crippen molar-refractivity contribution in [1.82, 2.24) is 4.98 Å². The molecule has 0 fully saturated rings. The highest BCUT2D eigenvalue weighted by molar-refractivity contribution is 5.23. The molecular weight excluding hydrogens is 254 g/mol. The van der Waals surface area contributed by atoms with E-state index in [9.17, 15) is 0 Å². The molecule has 122 valence electrons. The van der Waals surface area contributed by atoms with Crippen LogP contribution in [0.4, 0.5) is 0 Å². The van der Waals surface area contributed by atoms with Crippen molar-refractivity contribution < 1.29 is 0 Å². The average Bonchev–Trinajstić information content (AvgIpc) is 2.87. The van der Waals surface area contributed by atoms with Crippen LogP contribution in [0.1, 0.15) is 96.1 Å². The molecule has 0 bridgehead atoms. The molecule has 0 saturated carbocycles. The number of rotatable bonds is 13. The number of nitrogens with one attached hydrogen (secondary N) is 1. The standard InChI is InChI=1S/C20H37N/c1-4-5-6-7-8-9-10-11-12-13-14-19-16-21-17-20(19)15-18(2)3/h16-18,21H,4-15H2,1-3H3. The van der Waals surface area contributed by atoms with Crippen LogP contribution in [0.5, 0.6) is 0 Å². The molecule has 1 N–H and O–H groups in total. The monoisotopic (exact) mass is 291 g/mol. The maximum absolute atomic E-state index is 3.29. The summed E-state index contributed by atoms with van der Waals surface area (Å²) in [6.45, 7) is 6.89. The van der Waals surface area contributed by atoms with E-state index < -0.39 is 0 Å². The van der Waals surface area contributed by atoms with Crippen LogP contribution in [0, 0.1) is 5.92 Å². The predicted molar refractivity (Wildman–Crippen MR) is 94.9 cm³/mol. The Balaban J connectivity index is 1.98. The molecule has 0 aliphatic carbocycles. The van der Waals surface area contributed by atoms with E-state index in [-0.39, 0.29) is 0 Å². The molecule has 1 heterocycles. The molecule has 1 aromatic heterocycles. The van der Waals surface area contributed by atoms with Gasteiger partial charge in [-0.15, -0.1) is 0 Å². The molecule has 0 spiro atoms. The van der Waals surface area contributed by atoms with E-state index in [0.717, 1.165) is 5.92 Å². The summed E-state index contributed by atoms with van der Waals surface area (Å²) in [4.78, 5) is 3.29. The largest absolute Gasteiger partial charge is 0.367 e. The second-order valence-corrected chi connectivity index (χ2v) is 7.04. The third kappa shape index (κ3) is 9.01. The van der Waals surface area contributed by atoms with Crippen LogP contribution in [0.2, 0.25) is 0 Å². The number of hydrogen-bond acceptors (Lipinski definition) is 0. The Morgan fingerprint density at radius 2 is 1.29 bits per heavy atom. The summed E-state index contributed by atoms with van der Waals surface area (Å²) in [5, 5.41) is 0. The molecule has 21 heavy (non-hydrogen) atoms. The van der Waals surface area contributed by atoms with Crippen LogP contribution in [0.15, 0.2) is 12.4 Å². The Labute approximate surface area is 132 Å². The predicted octanol–water partition coefficient (Wildman–Crippen LogP) is 6.68. The normalized spacial score (nSPS) is 11.4. The van der Waals surface area contributed by atoms with E-state index in [1.807, 2.05) is 0 Å². The summed E-state index contributed by atoms with van der Waals surface area (Å²) >= 11 is 0. The van der Waals surface area contributed by atoms with Crippen LogP contribution in [-0.2, 0) is 12.8 Å². The fourth-order valence-electron chi connectivity index (χ4n) is 3.09. The van der Waals surface area contributed by atoms with Gasteiger partial charge in [0, 0.05) is 12.4 Å². The zero-order chi connectivity index (χ0) is 15.3. The number of unbranched alkanes of at least 4 members (excludes halogenated alkanes) is 9. The third-order valence-corrected chi connectivity index (χ3v) is 4.36. The Morgan fingerprint density at radius 3 is 1.86 bits per heavy atom. The van der Waals surface area contributed by atoms with Gasteiger partial charge in [-0.2, -0.15) is 0 Å². The van der Waals surface area contributed by atoms with E-state index in [1.165, 1.54) is 77.0 Å². The van der Waals surface area contributed by atoms with Gasteiger partial charge in [0.2, 0.25) is 0 Å². The van der Waals surface area contributed by atoms with E-state index in [4.69, 9.17) is 0 Å². The molecule has 1 heteroatoms. The van der Waals surface area contributed by atoms with Gasteiger partial charge in [-0.3, -0.25) is 0 Å². The van der Waals surface area contributed by atoms with Gasteiger partial charge in [0.1, 0.15) is 0 Å². The van der Waals surface area contributed by atoms with Gasteiger partial charge in [0.25, 0.3) is 0 Å². The lowest BCUT2D eigenvalue weighted by atomic mass is 9.98. The first kappa shape index (κ1) is 18.3. The average molecular weight is 292 g/mol. The number of aromatic amines is 1. The highest BCUT2D eigenvalue weighted by atomic mass is 14.6. The zero-order valence-corrected chi connectivity index (χ0v) is 14.7. The fraction of sp³-hybridized carbons (Fsp3) is 0.800. The van der Waals surface area contributed by atoms with E-state index in [2.05, 4.69) is 38.1 Å². The van der Waals surface area contributed by atoms with Gasteiger partial charge < -0.3 is 4.98 Å². The van der Waals surface area contributed by atoms with Crippen molar-refractivity contribution in [2.24, 2.45) is 5.92 Å². The first-order valence-corrected chi connectivity index (χ1v) is 9.38. The highest BCUT2D eigenvalue weighted by Gasteiger charge is 2.05. The lowest BCUT2D eigenvalue weighted by Gasteiger charge is -2.06. The van der Waals surface area contributed by atoms with Gasteiger partial charge in [-0.1, -0.05) is 78.6 Å². The molecule has 0 radical (unpaired) electrons. The number of H-pyrrole nitrogens is 1. The Hall–Kier alpha value is -0.720. The molecule has 0 atom stereocenters. The van der Waals surface area contributed by atoms with Crippen LogP contribution >= 0.6 is 0 Å². The van der Waals surface area contributed by atoms with Gasteiger partial charge in [-0.05, 0) is 36.3 Å². The van der Waals surface area contributed by atoms with Crippen LogP contribution in [0.25, 0.3) is 0 Å². The second kappa shape index (κ2) is 11.9. The van der Waals surface area contributed by atoms with Crippen molar-refractivity contribution in [2.45, 2.75) is 97.8 Å². The van der Waals surface area contributed by atoms with Crippen molar-refractivity contribution in [2.75, 3.05) is 0 Å². The summed E-state index contributed by atoms with van der Waals surface area (Å²) in [5.74, 6) is 0.757. The van der Waals surface area contributed by atoms with Gasteiger partial charge in [0.05, 0.1) is 0 Å². The minimum Gasteiger partial charge on any atom is -0.367 e. The third-order valence-electron chi connectivity index (χ3n) is 4.36. The van der Waals surface area contributed by atoms with E-state index in [0.29, 0.717) is 0 Å². The quantitative estimate of drug-likeness (QED) is 0.390. The van der Waals surface area contributed by atoms with Gasteiger partial charge >= 0.3 is 0 Å². The van der Waals surface area contributed by atoms with Crippen LogP contribution in [0.3, 0.4) is 0 Å². The summed E-state index contributed by atoms with van der Waals surface area (Å²) in [6.07, 6.45) is 21.1. The molecule has 1 rings (SSSR count). The van der Waals surface area contributed by atoms with Crippen LogP contribution in [-0.4, -0.2) is 4.98 Å². The first-order valence-electron chi connectivity index (χ1n) is 9.38. The molecule has 0 aromatic carbocycles. The van der Waals surface area contributed by atoms with Crippen molar-refractivity contribution in [3.05, 3.63) is 23.5 Å². The molecule has 0 saturated heterocycles. The summed E-state index contributed by atoms with van der Waals surface area (Å²) in [6, 6.07) is 0. The lowest BCUT2D eigenvalue weighted by Crippen LogP contribution is -1.96. The van der Waals surface area contributed by atoms with Crippen molar-refractivity contribution in [1.29, 1.82) is 0 Å². The molecular formula is C20H37N. The van der Waals surface area contributed by atoms with Crippen molar-refractivity contribution >= 4 is 0 Å². The van der Waals surface area contributed by atoms with Gasteiger partial charge in [0.15, 0.2) is 0 Å². The fourth-order valence-corrected chi connectivity index (χ4v) is 3.09. The summed E-state index contributed by atoms with van der Waals surface area (Å²) in [7, 11) is 0. The van der Waals surface area contributed by atoms with Crippen molar-refractivity contribution in [3.63, 3.8) is 0 Å². The number of aromatic nitrogens is 1. The zero-order valence-electron chi connectivity index (χ0n) is 14.7. The molecule has 0 amide bonds. The highest BCUT2D eigenvalue weighted by Crippen LogP contribution is 2.17. The maximum atomic E-state index is 3.29. The maximum Gasteiger partial charge on any atom is 0.00403 e. The first-order chi connectivity index (χ1) is 10.2. The molecule has 0 unspecified atom stereocenters. The summed E-state index contributed by atoms with van der Waals surface area (Å²) in [5.41, 5.74) is 3.10. The molecule has 0 aliphatic heterocycles. The van der Waals surface area contributed by atoms with Gasteiger partial charge in [-0.25, -0.2) is 0 Å². The molecule has 1 aromatic rings. The Kier molecular flexibility index (Phi) is 10.4. The SMILES string of the molecule is CCCCCCCCCCCCc1c[nH]cc1CC(C)C. The van der Waals surface area contributed by atoms with E-state index >= 15 is 0 Å². The molecule has 0 aliphatic rings. The van der Waals surface area contributed by atoms with Crippen LogP contribution < -0.4 is 0 Å². The number of aryl methyl sites for hydroxylation is 1. The second-order valence-electron chi connectivity index (χ2n) is 7.04. The smallest absolute Gasteiger partial charge is 0.00403 e. The Morgan fingerprint density at radius 1 is 0.762 bits per heavy atom. The summed E-state index contributed by atoms with van der Waals surface area (Å²) < 4.78 is 0. The number of hydrogen-bond donors (Lipinski definition) is 1. The minimum atomic E-state index is 0.757.